The van der Waals surface area contributed by atoms with Crippen molar-refractivity contribution in [2.24, 2.45) is 0 Å². The van der Waals surface area contributed by atoms with Crippen LogP contribution in [-0.4, -0.2) is 37.6 Å². The molecule has 3 rings (SSSR count). The largest absolute Gasteiger partial charge is 0.459 e. The minimum absolute atomic E-state index is 0.0286. The van der Waals surface area contributed by atoms with Gasteiger partial charge in [0.25, 0.3) is 5.91 Å². The number of benzene rings is 1. The molecule has 2 N–H and O–H groups in total. The summed E-state index contributed by atoms with van der Waals surface area (Å²) in [5.74, 6) is -1.28. The third-order valence-corrected chi connectivity index (χ3v) is 6.79. The van der Waals surface area contributed by atoms with Gasteiger partial charge in [0.05, 0.1) is 11.3 Å². The predicted molar refractivity (Wildman–Crippen MR) is 102 cm³/mol. The highest BCUT2D eigenvalue weighted by Crippen LogP contribution is 2.27. The van der Waals surface area contributed by atoms with E-state index in [0.717, 1.165) is 25.7 Å². The first-order valence-electron chi connectivity index (χ1n) is 8.83. The summed E-state index contributed by atoms with van der Waals surface area (Å²) < 4.78 is 32.3. The molecule has 10 heteroatoms. The van der Waals surface area contributed by atoms with Gasteiger partial charge in [0.2, 0.25) is 10.0 Å². The van der Waals surface area contributed by atoms with Crippen molar-refractivity contribution < 1.29 is 22.4 Å². The number of nitrogens with one attached hydrogen (secondary N) is 2. The van der Waals surface area contributed by atoms with Gasteiger partial charge in [-0.05, 0) is 43.2 Å². The number of rotatable bonds is 4. The smallest absolute Gasteiger partial charge is 0.305 e. The van der Waals surface area contributed by atoms with E-state index in [4.69, 9.17) is 16.0 Å². The molecule has 1 saturated heterocycles. The summed E-state index contributed by atoms with van der Waals surface area (Å²) in [5.41, 5.74) is 4.48. The van der Waals surface area contributed by atoms with Crippen LogP contribution in [0.1, 0.15) is 46.6 Å². The number of hydrogen-bond donors (Lipinski definition) is 2. The van der Waals surface area contributed by atoms with Crippen LogP contribution < -0.4 is 10.9 Å². The number of halogens is 1. The van der Waals surface area contributed by atoms with E-state index in [1.165, 1.54) is 40.9 Å². The molecule has 1 fully saturated rings. The molecule has 1 aromatic carbocycles. The number of carbonyl (C=O) groups is 2. The van der Waals surface area contributed by atoms with Crippen LogP contribution in [0.25, 0.3) is 0 Å². The topological polar surface area (TPSA) is 109 Å². The molecule has 0 saturated carbocycles. The van der Waals surface area contributed by atoms with Gasteiger partial charge in [0.1, 0.15) is 4.90 Å². The van der Waals surface area contributed by atoms with Crippen molar-refractivity contribution in [2.75, 3.05) is 13.1 Å². The Labute approximate surface area is 167 Å². The predicted octanol–water partition coefficient (Wildman–Crippen LogP) is 2.57. The average Bonchev–Trinajstić information content (AvgIpc) is 3.07. The highest BCUT2D eigenvalue weighted by Gasteiger charge is 2.28. The minimum Gasteiger partial charge on any atom is -0.459 e. The lowest BCUT2D eigenvalue weighted by Gasteiger charge is -2.21. The van der Waals surface area contributed by atoms with Crippen LogP contribution in [-0.2, 0) is 10.0 Å². The minimum atomic E-state index is -3.82. The van der Waals surface area contributed by atoms with Crippen LogP contribution in [0.3, 0.4) is 0 Å². The second-order valence-electron chi connectivity index (χ2n) is 6.35. The molecule has 8 nitrogen and oxygen atoms in total. The Bertz CT molecular complexity index is 952. The maximum Gasteiger partial charge on any atom is 0.305 e. The summed E-state index contributed by atoms with van der Waals surface area (Å²) in [6.45, 7) is 0.850. The van der Waals surface area contributed by atoms with E-state index in [1.54, 1.807) is 0 Å². The number of nitrogens with zero attached hydrogens (tertiary/aromatic N) is 1. The van der Waals surface area contributed by atoms with E-state index in [2.05, 4.69) is 10.9 Å². The van der Waals surface area contributed by atoms with E-state index in [-0.39, 0.29) is 21.2 Å². The van der Waals surface area contributed by atoms with Gasteiger partial charge in [-0.1, -0.05) is 24.4 Å². The molecular weight excluding hydrogens is 406 g/mol. The normalized spacial score (nSPS) is 15.6. The molecule has 150 valence electrons. The molecule has 1 aromatic heterocycles. The zero-order valence-electron chi connectivity index (χ0n) is 15.0. The molecule has 1 aliphatic heterocycles. The Morgan fingerprint density at radius 3 is 2.32 bits per heavy atom. The first kappa shape index (κ1) is 20.4. The lowest BCUT2D eigenvalue weighted by molar-refractivity contribution is 0.0831. The zero-order valence-corrected chi connectivity index (χ0v) is 16.6. The van der Waals surface area contributed by atoms with Crippen molar-refractivity contribution in [1.29, 1.82) is 0 Å². The SMILES string of the molecule is O=C(NNC(=O)c1ccco1)c1ccc(Cl)c(S(=O)(=O)N2CCCCCC2)c1. The third-order valence-electron chi connectivity index (χ3n) is 4.41. The first-order chi connectivity index (χ1) is 13.4. The van der Waals surface area contributed by atoms with Crippen LogP contribution in [0.2, 0.25) is 5.02 Å². The molecule has 2 aromatic rings. The fraction of sp³-hybridized carbons (Fsp3) is 0.333. The van der Waals surface area contributed by atoms with Gasteiger partial charge in [-0.3, -0.25) is 20.4 Å². The van der Waals surface area contributed by atoms with Crippen LogP contribution in [0, 0.1) is 0 Å². The van der Waals surface area contributed by atoms with Gasteiger partial charge in [-0.15, -0.1) is 0 Å². The Balaban J connectivity index is 1.76. The maximum absolute atomic E-state index is 13.0. The van der Waals surface area contributed by atoms with Crippen LogP contribution in [0.5, 0.6) is 0 Å². The van der Waals surface area contributed by atoms with Gasteiger partial charge in [0.15, 0.2) is 5.76 Å². The number of hydrogen-bond acceptors (Lipinski definition) is 5. The first-order valence-corrected chi connectivity index (χ1v) is 10.7. The Hall–Kier alpha value is -2.36. The summed E-state index contributed by atoms with van der Waals surface area (Å²) in [4.78, 5) is 24.0. The van der Waals surface area contributed by atoms with Crippen molar-refractivity contribution >= 4 is 33.4 Å². The second kappa shape index (κ2) is 8.76. The molecule has 0 spiro atoms. The van der Waals surface area contributed by atoms with E-state index >= 15 is 0 Å². The number of amides is 2. The Morgan fingerprint density at radius 1 is 1.00 bits per heavy atom. The molecule has 2 amide bonds. The average molecular weight is 426 g/mol. The molecule has 0 bridgehead atoms. The van der Waals surface area contributed by atoms with Gasteiger partial charge in [-0.25, -0.2) is 8.42 Å². The highest BCUT2D eigenvalue weighted by molar-refractivity contribution is 7.89. The Kier molecular flexibility index (Phi) is 6.38. The monoisotopic (exact) mass is 425 g/mol. The van der Waals surface area contributed by atoms with Gasteiger partial charge in [-0.2, -0.15) is 4.31 Å². The van der Waals surface area contributed by atoms with Gasteiger partial charge < -0.3 is 4.42 Å². The summed E-state index contributed by atoms with van der Waals surface area (Å²) in [7, 11) is -3.82. The number of hydrazine groups is 1. The Morgan fingerprint density at radius 2 is 1.68 bits per heavy atom. The number of carbonyl (C=O) groups excluding carboxylic acids is 2. The number of furan rings is 1. The molecule has 1 aliphatic rings. The van der Waals surface area contributed by atoms with Crippen LogP contribution in [0.15, 0.2) is 45.9 Å². The summed E-state index contributed by atoms with van der Waals surface area (Å²) in [5, 5.41) is 0.0421. The van der Waals surface area contributed by atoms with Crippen molar-refractivity contribution in [3.05, 3.63) is 52.9 Å². The molecule has 0 aliphatic carbocycles. The lowest BCUT2D eigenvalue weighted by Crippen LogP contribution is -2.41. The maximum atomic E-state index is 13.0. The molecule has 2 heterocycles. The van der Waals surface area contributed by atoms with Gasteiger partial charge >= 0.3 is 5.91 Å². The van der Waals surface area contributed by atoms with Crippen LogP contribution >= 0.6 is 11.6 Å². The number of sulfonamides is 1. The van der Waals surface area contributed by atoms with E-state index < -0.39 is 21.8 Å². The van der Waals surface area contributed by atoms with Crippen molar-refractivity contribution in [3.8, 4) is 0 Å². The molecule has 28 heavy (non-hydrogen) atoms. The second-order valence-corrected chi connectivity index (χ2v) is 8.66. The van der Waals surface area contributed by atoms with Crippen molar-refractivity contribution in [1.82, 2.24) is 15.2 Å². The highest BCUT2D eigenvalue weighted by atomic mass is 35.5. The lowest BCUT2D eigenvalue weighted by atomic mass is 10.2. The molecule has 0 unspecified atom stereocenters. The van der Waals surface area contributed by atoms with Gasteiger partial charge in [0, 0.05) is 18.7 Å². The molecule has 0 radical (unpaired) electrons. The summed E-state index contributed by atoms with van der Waals surface area (Å²) in [6, 6.07) is 6.94. The molecule has 0 atom stereocenters. The van der Waals surface area contributed by atoms with Crippen molar-refractivity contribution in [3.63, 3.8) is 0 Å². The third kappa shape index (κ3) is 4.54. The fourth-order valence-corrected chi connectivity index (χ4v) is 4.94. The van der Waals surface area contributed by atoms with Crippen LogP contribution in [0.4, 0.5) is 0 Å². The van der Waals surface area contributed by atoms with E-state index in [1.807, 2.05) is 0 Å². The zero-order chi connectivity index (χ0) is 20.1. The van der Waals surface area contributed by atoms with E-state index in [0.29, 0.717) is 13.1 Å². The fourth-order valence-electron chi connectivity index (χ4n) is 2.92. The quantitative estimate of drug-likeness (QED) is 0.732. The molecular formula is C18H20ClN3O5S. The van der Waals surface area contributed by atoms with E-state index in [9.17, 15) is 18.0 Å². The summed E-state index contributed by atoms with van der Waals surface area (Å²) >= 11 is 6.12. The van der Waals surface area contributed by atoms with Crippen molar-refractivity contribution in [2.45, 2.75) is 30.6 Å². The summed E-state index contributed by atoms with van der Waals surface area (Å²) in [6.07, 6.45) is 4.87. The standard InChI is InChI=1S/C18H20ClN3O5S/c19-14-8-7-13(17(23)20-21-18(24)15-6-5-11-27-15)12-16(14)28(25,26)22-9-3-1-2-4-10-22/h5-8,11-12H,1-4,9-10H2,(H,20,23)(H,21,24).